The second-order valence-electron chi connectivity index (χ2n) is 15.8. The molecule has 0 N–H and O–H groups in total. The maximum Gasteiger partial charge on any atom is 0.238 e. The van der Waals surface area contributed by atoms with E-state index in [1.54, 1.807) is 6.33 Å². The minimum atomic E-state index is 0.575. The first-order valence-electron chi connectivity index (χ1n) is 21.0. The predicted octanol–water partition coefficient (Wildman–Crippen LogP) is 13.0. The molecule has 5 aromatic heterocycles. The van der Waals surface area contributed by atoms with Gasteiger partial charge in [-0.1, -0.05) is 127 Å². The minimum absolute atomic E-state index is 0.575. The van der Waals surface area contributed by atoms with Crippen molar-refractivity contribution in [2.45, 2.75) is 0 Å². The van der Waals surface area contributed by atoms with Gasteiger partial charge in [-0.25, -0.2) is 15.0 Å². The number of rotatable bonds is 6. The molecule has 13 aromatic rings. The Labute approximate surface area is 360 Å². The molecule has 5 heterocycles. The topological polar surface area (TPSA) is 79.2 Å². The van der Waals surface area contributed by atoms with Crippen molar-refractivity contribution in [2.24, 2.45) is 0 Å². The Kier molecular flexibility index (Phi) is 7.74. The zero-order chi connectivity index (χ0) is 41.4. The average molecular weight is 807 g/mol. The molecule has 0 saturated heterocycles. The van der Waals surface area contributed by atoms with Crippen LogP contribution in [0.1, 0.15) is 0 Å². The molecule has 0 bridgehead atoms. The smallest absolute Gasteiger partial charge is 0.238 e. The van der Waals surface area contributed by atoms with Crippen LogP contribution in [0.3, 0.4) is 0 Å². The molecular formula is C55H34N8. The predicted molar refractivity (Wildman–Crippen MR) is 255 cm³/mol. The van der Waals surface area contributed by atoms with Gasteiger partial charge in [-0.05, 0) is 77.9 Å². The third-order valence-corrected chi connectivity index (χ3v) is 12.2. The average Bonchev–Trinajstić information content (AvgIpc) is 3.99. The van der Waals surface area contributed by atoms with E-state index in [0.717, 1.165) is 88.4 Å². The van der Waals surface area contributed by atoms with Crippen LogP contribution in [0.2, 0.25) is 0 Å². The maximum atomic E-state index is 5.12. The van der Waals surface area contributed by atoms with Gasteiger partial charge in [0.05, 0.1) is 44.8 Å². The van der Waals surface area contributed by atoms with E-state index < -0.39 is 0 Å². The molecule has 8 heteroatoms. The molecule has 0 unspecified atom stereocenters. The molecule has 0 aliphatic heterocycles. The number of benzene rings is 8. The Balaban J connectivity index is 0.966. The lowest BCUT2D eigenvalue weighted by Gasteiger charge is -2.11. The van der Waals surface area contributed by atoms with Gasteiger partial charge in [0.2, 0.25) is 5.95 Å². The molecule has 0 fully saturated rings. The van der Waals surface area contributed by atoms with Gasteiger partial charge < -0.3 is 9.13 Å². The van der Waals surface area contributed by atoms with Crippen LogP contribution < -0.4 is 0 Å². The summed E-state index contributed by atoms with van der Waals surface area (Å²) in [7, 11) is 0. The van der Waals surface area contributed by atoms with Crippen LogP contribution in [0.25, 0.3) is 117 Å². The van der Waals surface area contributed by atoms with Crippen LogP contribution >= 0.6 is 0 Å². The molecule has 8 aromatic carbocycles. The van der Waals surface area contributed by atoms with Crippen molar-refractivity contribution in [3.05, 3.63) is 207 Å². The third-order valence-electron chi connectivity index (χ3n) is 12.2. The van der Waals surface area contributed by atoms with Crippen molar-refractivity contribution in [1.82, 2.24) is 38.6 Å². The van der Waals surface area contributed by atoms with Gasteiger partial charge >= 0.3 is 0 Å². The van der Waals surface area contributed by atoms with E-state index in [0.29, 0.717) is 17.6 Å². The van der Waals surface area contributed by atoms with E-state index in [2.05, 4.69) is 146 Å². The molecule has 0 aliphatic rings. The molecule has 0 amide bonds. The monoisotopic (exact) mass is 806 g/mol. The summed E-state index contributed by atoms with van der Waals surface area (Å²) in [6.45, 7) is 0. The lowest BCUT2D eigenvalue weighted by molar-refractivity contribution is 0.953. The second kappa shape index (κ2) is 13.9. The molecule has 63 heavy (non-hydrogen) atoms. The fraction of sp³-hybridized carbons (Fsp3) is 0. The Morgan fingerprint density at radius 3 is 1.44 bits per heavy atom. The van der Waals surface area contributed by atoms with Crippen LogP contribution in [-0.2, 0) is 0 Å². The van der Waals surface area contributed by atoms with Crippen LogP contribution in [0.4, 0.5) is 0 Å². The van der Waals surface area contributed by atoms with E-state index in [1.807, 2.05) is 72.9 Å². The molecular weight excluding hydrogens is 773 g/mol. The Hall–Kier alpha value is -8.75. The SMILES string of the molecule is c1ccc(-c2nc(-c3ccccc3)nc(-n3c4ccccc4c4cc(-c5ccc6c(c5)c5ccccc5n6-c5ccc6c(c5)c5ncncc5n6-c5ccccc5)ccc43)n2)cc1. The third kappa shape index (κ3) is 5.52. The summed E-state index contributed by atoms with van der Waals surface area (Å²) >= 11 is 0. The highest BCUT2D eigenvalue weighted by molar-refractivity contribution is 6.13. The molecule has 294 valence electrons. The highest BCUT2D eigenvalue weighted by Gasteiger charge is 2.20. The number of hydrogen-bond donors (Lipinski definition) is 0. The van der Waals surface area contributed by atoms with E-state index in [-0.39, 0.29) is 0 Å². The normalized spacial score (nSPS) is 11.8. The van der Waals surface area contributed by atoms with Gasteiger partial charge in [0, 0.05) is 49.4 Å². The van der Waals surface area contributed by atoms with E-state index in [9.17, 15) is 0 Å². The standard InChI is InChI=1S/C55H34N8/c1-4-14-35(15-5-1)53-58-54(36-16-6-2-7-17-36)60-55(59-53)63-47-23-13-11-21-42(47)44-31-38(25-28-49(44)63)37-24-27-48-43(30-37)41-20-10-12-22-46(41)62(48)40-26-29-50-45(32-40)52-51(33-56-34-57-52)61(50)39-18-8-3-9-19-39/h1-34H. The maximum absolute atomic E-state index is 5.12. The van der Waals surface area contributed by atoms with E-state index in [1.165, 1.54) is 10.8 Å². The summed E-state index contributed by atoms with van der Waals surface area (Å²) in [6, 6.07) is 68.1. The summed E-state index contributed by atoms with van der Waals surface area (Å²) in [5.74, 6) is 1.83. The zero-order valence-electron chi connectivity index (χ0n) is 33.7. The molecule has 0 atom stereocenters. The van der Waals surface area contributed by atoms with Gasteiger partial charge in [-0.3, -0.25) is 4.57 Å². The van der Waals surface area contributed by atoms with Crippen molar-refractivity contribution in [3.63, 3.8) is 0 Å². The fourth-order valence-electron chi connectivity index (χ4n) is 9.42. The van der Waals surface area contributed by atoms with Crippen LogP contribution in [-0.4, -0.2) is 38.6 Å². The van der Waals surface area contributed by atoms with E-state index in [4.69, 9.17) is 19.9 Å². The van der Waals surface area contributed by atoms with Gasteiger partial charge in [-0.2, -0.15) is 9.97 Å². The summed E-state index contributed by atoms with van der Waals surface area (Å²) in [5.41, 5.74) is 13.6. The van der Waals surface area contributed by atoms with Gasteiger partial charge in [-0.15, -0.1) is 0 Å². The quantitative estimate of drug-likeness (QED) is 0.167. The Morgan fingerprint density at radius 2 is 0.810 bits per heavy atom. The van der Waals surface area contributed by atoms with Gasteiger partial charge in [0.25, 0.3) is 0 Å². The number of para-hydroxylation sites is 3. The van der Waals surface area contributed by atoms with Crippen molar-refractivity contribution in [3.8, 4) is 51.2 Å². The summed E-state index contributed by atoms with van der Waals surface area (Å²) in [4.78, 5) is 24.4. The minimum Gasteiger partial charge on any atom is -0.309 e. The van der Waals surface area contributed by atoms with Crippen LogP contribution in [0, 0.1) is 0 Å². The van der Waals surface area contributed by atoms with Crippen LogP contribution in [0.5, 0.6) is 0 Å². The van der Waals surface area contributed by atoms with Crippen molar-refractivity contribution >= 4 is 65.5 Å². The zero-order valence-corrected chi connectivity index (χ0v) is 33.7. The Morgan fingerprint density at radius 1 is 0.317 bits per heavy atom. The lowest BCUT2D eigenvalue weighted by atomic mass is 10.0. The number of hydrogen-bond acceptors (Lipinski definition) is 5. The second-order valence-corrected chi connectivity index (χ2v) is 15.8. The Bertz CT molecular complexity index is 3850. The summed E-state index contributed by atoms with van der Waals surface area (Å²) in [5, 5.41) is 5.71. The highest BCUT2D eigenvalue weighted by atomic mass is 15.2. The van der Waals surface area contributed by atoms with Crippen LogP contribution in [0.15, 0.2) is 207 Å². The van der Waals surface area contributed by atoms with Gasteiger partial charge in [0.15, 0.2) is 11.6 Å². The number of fused-ring (bicyclic) bond motifs is 9. The number of nitrogens with zero attached hydrogens (tertiary/aromatic N) is 8. The first-order chi connectivity index (χ1) is 31.2. The van der Waals surface area contributed by atoms with E-state index >= 15 is 0 Å². The first-order valence-corrected chi connectivity index (χ1v) is 21.0. The molecule has 8 nitrogen and oxygen atoms in total. The largest absolute Gasteiger partial charge is 0.309 e. The molecule has 0 radical (unpaired) electrons. The van der Waals surface area contributed by atoms with Crippen molar-refractivity contribution in [1.29, 1.82) is 0 Å². The lowest BCUT2D eigenvalue weighted by Crippen LogP contribution is -2.06. The van der Waals surface area contributed by atoms with Gasteiger partial charge in [0.1, 0.15) is 6.33 Å². The van der Waals surface area contributed by atoms with Crippen molar-refractivity contribution < 1.29 is 0 Å². The molecule has 13 rings (SSSR count). The fourth-order valence-corrected chi connectivity index (χ4v) is 9.42. The highest BCUT2D eigenvalue weighted by Crippen LogP contribution is 2.40. The molecule has 0 aliphatic carbocycles. The van der Waals surface area contributed by atoms with Crippen molar-refractivity contribution in [2.75, 3.05) is 0 Å². The molecule has 0 saturated carbocycles. The molecule has 0 spiro atoms. The number of aromatic nitrogens is 8. The first kappa shape index (κ1) is 35.0. The summed E-state index contributed by atoms with van der Waals surface area (Å²) in [6.07, 6.45) is 3.54. The summed E-state index contributed by atoms with van der Waals surface area (Å²) < 4.78 is 6.79.